The number of piperidine rings is 1. The Morgan fingerprint density at radius 1 is 1.32 bits per heavy atom. The lowest BCUT2D eigenvalue weighted by atomic mass is 9.95. The smallest absolute Gasteiger partial charge is 0.227 e. The summed E-state index contributed by atoms with van der Waals surface area (Å²) < 4.78 is 5.13. The quantitative estimate of drug-likeness (QED) is 0.726. The molecule has 1 aromatic carbocycles. The number of nitrogens with zero attached hydrogens (tertiary/aromatic N) is 2. The van der Waals surface area contributed by atoms with Gasteiger partial charge in [-0.15, -0.1) is 0 Å². The van der Waals surface area contributed by atoms with Crippen LogP contribution in [0.4, 0.5) is 0 Å². The molecule has 2 amide bonds. The van der Waals surface area contributed by atoms with E-state index in [1.165, 1.54) is 5.56 Å². The molecule has 0 bridgehead atoms. The Hall–Kier alpha value is -1.88. The molecule has 1 fully saturated rings. The van der Waals surface area contributed by atoms with Crippen LogP contribution in [-0.4, -0.2) is 61.0 Å². The van der Waals surface area contributed by atoms with E-state index in [9.17, 15) is 9.59 Å². The Bertz CT molecular complexity index is 559. The van der Waals surface area contributed by atoms with E-state index in [2.05, 4.69) is 12.1 Å². The maximum Gasteiger partial charge on any atom is 0.227 e. The lowest BCUT2D eigenvalue weighted by Crippen LogP contribution is -2.49. The normalized spacial score (nSPS) is 17.8. The monoisotopic (exact) mass is 346 g/mol. The van der Waals surface area contributed by atoms with E-state index in [0.29, 0.717) is 39.1 Å². The number of benzene rings is 1. The molecular weight excluding hydrogens is 316 g/mol. The molecule has 1 heterocycles. The van der Waals surface area contributed by atoms with Crippen LogP contribution >= 0.6 is 0 Å². The van der Waals surface area contributed by atoms with Crippen LogP contribution in [0.2, 0.25) is 0 Å². The molecule has 5 heteroatoms. The molecule has 0 N–H and O–H groups in total. The minimum atomic E-state index is -0.104. The Balaban J connectivity index is 1.95. The van der Waals surface area contributed by atoms with Crippen LogP contribution in [0.3, 0.4) is 0 Å². The molecule has 1 aromatic rings. The fourth-order valence-electron chi connectivity index (χ4n) is 3.29. The van der Waals surface area contributed by atoms with Crippen molar-refractivity contribution in [3.63, 3.8) is 0 Å². The van der Waals surface area contributed by atoms with Gasteiger partial charge < -0.3 is 14.5 Å². The first-order valence-electron chi connectivity index (χ1n) is 9.14. The highest BCUT2D eigenvalue weighted by atomic mass is 16.5. The topological polar surface area (TPSA) is 49.9 Å². The van der Waals surface area contributed by atoms with Crippen molar-refractivity contribution in [2.24, 2.45) is 5.92 Å². The molecule has 25 heavy (non-hydrogen) atoms. The molecule has 1 aliphatic rings. The highest BCUT2D eigenvalue weighted by Gasteiger charge is 2.33. The Kier molecular flexibility index (Phi) is 7.44. The summed E-state index contributed by atoms with van der Waals surface area (Å²) in [5.41, 5.74) is 1.22. The van der Waals surface area contributed by atoms with Gasteiger partial charge >= 0.3 is 0 Å². The van der Waals surface area contributed by atoms with E-state index in [-0.39, 0.29) is 23.8 Å². The summed E-state index contributed by atoms with van der Waals surface area (Å²) in [5.74, 6) is 0.199. The summed E-state index contributed by atoms with van der Waals surface area (Å²) in [4.78, 5) is 28.9. The molecule has 2 rings (SSSR count). The average Bonchev–Trinajstić information content (AvgIpc) is 2.61. The predicted molar refractivity (Wildman–Crippen MR) is 98.2 cm³/mol. The Labute approximate surface area is 150 Å². The zero-order valence-corrected chi connectivity index (χ0v) is 15.6. The van der Waals surface area contributed by atoms with Crippen molar-refractivity contribution in [3.05, 3.63) is 35.9 Å². The van der Waals surface area contributed by atoms with Gasteiger partial charge in [0.1, 0.15) is 0 Å². The van der Waals surface area contributed by atoms with Crippen LogP contribution in [-0.2, 0) is 20.7 Å². The van der Waals surface area contributed by atoms with Crippen molar-refractivity contribution in [3.8, 4) is 0 Å². The predicted octanol–water partition coefficient (Wildman–Crippen LogP) is 2.35. The summed E-state index contributed by atoms with van der Waals surface area (Å²) in [6.07, 6.45) is 1.93. The summed E-state index contributed by atoms with van der Waals surface area (Å²) in [7, 11) is 1.65. The Morgan fingerprint density at radius 3 is 2.68 bits per heavy atom. The van der Waals surface area contributed by atoms with Crippen molar-refractivity contribution in [2.45, 2.75) is 39.2 Å². The molecule has 0 aliphatic carbocycles. The first-order valence-corrected chi connectivity index (χ1v) is 9.14. The van der Waals surface area contributed by atoms with E-state index in [0.717, 1.165) is 6.42 Å². The maximum absolute atomic E-state index is 12.9. The molecule has 0 aromatic heterocycles. The van der Waals surface area contributed by atoms with E-state index in [1.807, 2.05) is 41.8 Å². The van der Waals surface area contributed by atoms with Crippen LogP contribution in [0.25, 0.3) is 0 Å². The summed E-state index contributed by atoms with van der Waals surface area (Å²) >= 11 is 0. The largest absolute Gasteiger partial charge is 0.383 e. The fourth-order valence-corrected chi connectivity index (χ4v) is 3.29. The van der Waals surface area contributed by atoms with E-state index in [1.54, 1.807) is 7.11 Å². The summed E-state index contributed by atoms with van der Waals surface area (Å²) in [5, 5.41) is 0. The second-order valence-electron chi connectivity index (χ2n) is 6.93. The van der Waals surface area contributed by atoms with Crippen LogP contribution < -0.4 is 0 Å². The molecule has 5 nitrogen and oxygen atoms in total. The number of hydrogen-bond donors (Lipinski definition) is 0. The van der Waals surface area contributed by atoms with Crippen LogP contribution in [0.1, 0.15) is 32.3 Å². The number of hydrogen-bond acceptors (Lipinski definition) is 3. The molecular formula is C20H30N2O3. The molecule has 1 saturated heterocycles. The molecule has 0 spiro atoms. The van der Waals surface area contributed by atoms with Crippen molar-refractivity contribution in [1.29, 1.82) is 0 Å². The number of carbonyl (C=O) groups is 2. The highest BCUT2D eigenvalue weighted by Crippen LogP contribution is 2.21. The van der Waals surface area contributed by atoms with Gasteiger partial charge in [0.05, 0.1) is 12.5 Å². The van der Waals surface area contributed by atoms with Gasteiger partial charge in [-0.25, -0.2) is 0 Å². The fraction of sp³-hybridized carbons (Fsp3) is 0.600. The SMILES string of the molecule is COCCN(C(=O)[C@@H]1CCC(=O)N(CCc2ccccc2)C1)C(C)C. The third kappa shape index (κ3) is 5.56. The number of ether oxygens (including phenoxy) is 1. The summed E-state index contributed by atoms with van der Waals surface area (Å²) in [6, 6.07) is 10.3. The van der Waals surface area contributed by atoms with E-state index in [4.69, 9.17) is 4.74 Å². The third-order valence-corrected chi connectivity index (χ3v) is 4.81. The summed E-state index contributed by atoms with van der Waals surface area (Å²) in [6.45, 7) is 6.38. The molecule has 138 valence electrons. The number of methoxy groups -OCH3 is 1. The molecule has 0 radical (unpaired) electrons. The molecule has 0 saturated carbocycles. The van der Waals surface area contributed by atoms with Crippen molar-refractivity contribution < 1.29 is 14.3 Å². The minimum absolute atomic E-state index is 0.104. The number of carbonyl (C=O) groups excluding carboxylic acids is 2. The van der Waals surface area contributed by atoms with Gasteiger partial charge in [0.25, 0.3) is 0 Å². The van der Waals surface area contributed by atoms with Crippen LogP contribution in [0.15, 0.2) is 30.3 Å². The van der Waals surface area contributed by atoms with Crippen molar-refractivity contribution in [1.82, 2.24) is 9.80 Å². The first kappa shape index (κ1) is 19.4. The van der Waals surface area contributed by atoms with Crippen molar-refractivity contribution in [2.75, 3.05) is 33.4 Å². The van der Waals surface area contributed by atoms with Crippen molar-refractivity contribution >= 4 is 11.8 Å². The Morgan fingerprint density at radius 2 is 2.04 bits per heavy atom. The highest BCUT2D eigenvalue weighted by molar-refractivity contribution is 5.84. The zero-order chi connectivity index (χ0) is 18.2. The van der Waals surface area contributed by atoms with Gasteiger partial charge in [-0.05, 0) is 32.3 Å². The number of amides is 2. The number of likely N-dealkylation sites (tertiary alicyclic amines) is 1. The van der Waals surface area contributed by atoms with Gasteiger partial charge in [-0.2, -0.15) is 0 Å². The zero-order valence-electron chi connectivity index (χ0n) is 15.6. The lowest BCUT2D eigenvalue weighted by Gasteiger charge is -2.36. The first-order chi connectivity index (χ1) is 12.0. The van der Waals surface area contributed by atoms with Gasteiger partial charge in [0, 0.05) is 39.2 Å². The maximum atomic E-state index is 12.9. The van der Waals surface area contributed by atoms with Crippen LogP contribution in [0.5, 0.6) is 0 Å². The standard InChI is InChI=1S/C20H30N2O3/c1-16(2)22(13-14-25-3)20(24)18-9-10-19(23)21(15-18)12-11-17-7-5-4-6-8-17/h4-8,16,18H,9-15H2,1-3H3/t18-/m1/s1. The van der Waals surface area contributed by atoms with E-state index >= 15 is 0 Å². The molecule has 1 aliphatic heterocycles. The lowest BCUT2D eigenvalue weighted by molar-refractivity contribution is -0.144. The van der Waals surface area contributed by atoms with Gasteiger partial charge in [-0.1, -0.05) is 30.3 Å². The second-order valence-corrected chi connectivity index (χ2v) is 6.93. The van der Waals surface area contributed by atoms with E-state index < -0.39 is 0 Å². The minimum Gasteiger partial charge on any atom is -0.383 e. The molecule has 1 atom stereocenters. The average molecular weight is 346 g/mol. The van der Waals surface area contributed by atoms with Gasteiger partial charge in [-0.3, -0.25) is 9.59 Å². The van der Waals surface area contributed by atoms with Crippen LogP contribution in [0, 0.1) is 5.92 Å². The second kappa shape index (κ2) is 9.56. The van der Waals surface area contributed by atoms with Gasteiger partial charge in [0.2, 0.25) is 11.8 Å². The molecule has 0 unspecified atom stereocenters. The third-order valence-electron chi connectivity index (χ3n) is 4.81. The van der Waals surface area contributed by atoms with Gasteiger partial charge in [0.15, 0.2) is 0 Å². The number of rotatable bonds is 8.